The molecule has 3 heteroatoms. The van der Waals surface area contributed by atoms with E-state index in [9.17, 15) is 13.6 Å². The Bertz CT molecular complexity index is 645. The van der Waals surface area contributed by atoms with Crippen molar-refractivity contribution >= 4 is 5.78 Å². The number of carbonyl (C=O) groups is 1. The van der Waals surface area contributed by atoms with E-state index in [2.05, 4.69) is 0 Å². The number of carbonyl (C=O) groups excluding carboxylic acids is 1. The highest BCUT2D eigenvalue weighted by Crippen LogP contribution is 2.46. The molecule has 1 aliphatic carbocycles. The van der Waals surface area contributed by atoms with E-state index >= 15 is 0 Å². The molecule has 0 saturated heterocycles. The first-order chi connectivity index (χ1) is 9.63. The van der Waals surface area contributed by atoms with E-state index in [1.165, 1.54) is 0 Å². The molecule has 1 aliphatic rings. The summed E-state index contributed by atoms with van der Waals surface area (Å²) in [6, 6.07) is 12.4. The van der Waals surface area contributed by atoms with Crippen molar-refractivity contribution in [3.63, 3.8) is 0 Å². The highest BCUT2D eigenvalue weighted by Gasteiger charge is 2.46. The Balaban J connectivity index is 2.06. The maximum atomic E-state index is 13.8. The summed E-state index contributed by atoms with van der Waals surface area (Å²) in [6.07, 6.45) is 2.30. The first-order valence-electron chi connectivity index (χ1n) is 6.69. The third-order valence-electron chi connectivity index (χ3n) is 4.14. The number of ketones is 1. The average molecular weight is 272 g/mol. The molecule has 0 bridgehead atoms. The number of halogens is 2. The summed E-state index contributed by atoms with van der Waals surface area (Å²) in [5, 5.41) is 0. The molecule has 0 aliphatic heterocycles. The summed E-state index contributed by atoms with van der Waals surface area (Å²) in [5.74, 6) is -1.55. The van der Waals surface area contributed by atoms with E-state index in [1.807, 2.05) is 30.3 Å². The van der Waals surface area contributed by atoms with Gasteiger partial charge < -0.3 is 0 Å². The van der Waals surface area contributed by atoms with Crippen LogP contribution in [0.5, 0.6) is 0 Å². The van der Waals surface area contributed by atoms with Gasteiger partial charge in [0.15, 0.2) is 5.78 Å². The van der Waals surface area contributed by atoms with E-state index < -0.39 is 17.0 Å². The number of hydrogen-bond donors (Lipinski definition) is 0. The summed E-state index contributed by atoms with van der Waals surface area (Å²) in [5.41, 5.74) is 0.0593. The Labute approximate surface area is 116 Å². The van der Waals surface area contributed by atoms with Gasteiger partial charge in [-0.05, 0) is 36.6 Å². The molecular weight excluding hydrogens is 258 g/mol. The Kier molecular flexibility index (Phi) is 3.13. The lowest BCUT2D eigenvalue weighted by Crippen LogP contribution is -2.42. The predicted octanol–water partition coefficient (Wildman–Crippen LogP) is 4.27. The third kappa shape index (κ3) is 1.94. The van der Waals surface area contributed by atoms with Crippen LogP contribution in [0.15, 0.2) is 48.5 Å². The molecule has 0 N–H and O–H groups in total. The summed E-state index contributed by atoms with van der Waals surface area (Å²) in [4.78, 5) is 12.7. The van der Waals surface area contributed by atoms with Gasteiger partial charge in [0, 0.05) is 0 Å². The van der Waals surface area contributed by atoms with Crippen molar-refractivity contribution in [1.82, 2.24) is 0 Å². The molecule has 2 aromatic rings. The van der Waals surface area contributed by atoms with E-state index in [0.717, 1.165) is 30.2 Å². The number of hydrogen-bond acceptors (Lipinski definition) is 1. The minimum Gasteiger partial charge on any atom is -0.293 e. The molecule has 0 unspecified atom stereocenters. The fourth-order valence-corrected chi connectivity index (χ4v) is 2.86. The summed E-state index contributed by atoms with van der Waals surface area (Å²) < 4.78 is 27.1. The first kappa shape index (κ1) is 13.0. The number of Topliss-reactive ketones (excluding diaryl/α,β-unsaturated/α-hetero) is 1. The van der Waals surface area contributed by atoms with E-state index in [0.29, 0.717) is 12.8 Å². The predicted molar refractivity (Wildman–Crippen MR) is 72.7 cm³/mol. The summed E-state index contributed by atoms with van der Waals surface area (Å²) in [7, 11) is 0. The molecule has 0 heterocycles. The second kappa shape index (κ2) is 4.82. The fraction of sp³-hybridized carbons (Fsp3) is 0.235. The normalized spacial score (nSPS) is 16.5. The number of rotatable bonds is 3. The van der Waals surface area contributed by atoms with Crippen molar-refractivity contribution < 1.29 is 13.6 Å². The van der Waals surface area contributed by atoms with Crippen molar-refractivity contribution in [3.05, 3.63) is 71.3 Å². The molecule has 0 spiro atoms. The molecular formula is C17H14F2O. The molecule has 20 heavy (non-hydrogen) atoms. The second-order valence-corrected chi connectivity index (χ2v) is 5.25. The molecule has 1 fully saturated rings. The van der Waals surface area contributed by atoms with Crippen LogP contribution in [0.25, 0.3) is 0 Å². The molecule has 1 nitrogen and oxygen atoms in total. The first-order valence-corrected chi connectivity index (χ1v) is 6.69. The van der Waals surface area contributed by atoms with Gasteiger partial charge in [0.25, 0.3) is 0 Å². The Morgan fingerprint density at radius 3 is 2.30 bits per heavy atom. The SMILES string of the molecule is O=C(c1cc(F)ccc1F)C1(c2ccccc2)CCC1. The molecule has 0 aromatic heterocycles. The standard InChI is InChI=1S/C17H14F2O/c18-13-7-8-15(19)14(11-13)16(20)17(9-4-10-17)12-5-2-1-3-6-12/h1-3,5-8,11H,4,9-10H2. The minimum absolute atomic E-state index is 0.145. The average Bonchev–Trinajstić information content (AvgIpc) is 2.41. The van der Waals surface area contributed by atoms with Crippen LogP contribution < -0.4 is 0 Å². The van der Waals surface area contributed by atoms with Gasteiger partial charge in [-0.1, -0.05) is 36.8 Å². The topological polar surface area (TPSA) is 17.1 Å². The zero-order valence-corrected chi connectivity index (χ0v) is 10.9. The number of benzene rings is 2. The third-order valence-corrected chi connectivity index (χ3v) is 4.14. The van der Waals surface area contributed by atoms with E-state index in [1.54, 1.807) is 0 Å². The van der Waals surface area contributed by atoms with Crippen LogP contribution in [0.1, 0.15) is 35.2 Å². The monoisotopic (exact) mass is 272 g/mol. The van der Waals surface area contributed by atoms with Crippen LogP contribution >= 0.6 is 0 Å². The maximum absolute atomic E-state index is 13.8. The van der Waals surface area contributed by atoms with Gasteiger partial charge in [-0.25, -0.2) is 8.78 Å². The lowest BCUT2D eigenvalue weighted by atomic mass is 9.60. The van der Waals surface area contributed by atoms with Crippen LogP contribution in [0.4, 0.5) is 8.78 Å². The molecule has 3 rings (SSSR count). The lowest BCUT2D eigenvalue weighted by molar-refractivity contribution is 0.0784. The van der Waals surface area contributed by atoms with Crippen LogP contribution in [0, 0.1) is 11.6 Å². The minimum atomic E-state index is -0.685. The summed E-state index contributed by atoms with van der Waals surface area (Å²) >= 11 is 0. The zero-order chi connectivity index (χ0) is 14.2. The lowest BCUT2D eigenvalue weighted by Gasteiger charge is -2.41. The van der Waals surface area contributed by atoms with Crippen LogP contribution in [0.2, 0.25) is 0 Å². The molecule has 0 atom stereocenters. The van der Waals surface area contributed by atoms with Gasteiger partial charge in [0.1, 0.15) is 11.6 Å². The summed E-state index contributed by atoms with van der Waals surface area (Å²) in [6.45, 7) is 0. The van der Waals surface area contributed by atoms with Crippen molar-refractivity contribution in [2.45, 2.75) is 24.7 Å². The quantitative estimate of drug-likeness (QED) is 0.763. The van der Waals surface area contributed by atoms with Gasteiger partial charge in [0.05, 0.1) is 11.0 Å². The van der Waals surface area contributed by atoms with E-state index in [4.69, 9.17) is 0 Å². The van der Waals surface area contributed by atoms with Crippen molar-refractivity contribution in [2.75, 3.05) is 0 Å². The zero-order valence-electron chi connectivity index (χ0n) is 10.9. The molecule has 0 amide bonds. The van der Waals surface area contributed by atoms with Gasteiger partial charge in [-0.15, -0.1) is 0 Å². The highest BCUT2D eigenvalue weighted by atomic mass is 19.1. The Morgan fingerprint density at radius 1 is 1.00 bits per heavy atom. The smallest absolute Gasteiger partial charge is 0.176 e. The highest BCUT2D eigenvalue weighted by molar-refractivity contribution is 6.05. The fourth-order valence-electron chi connectivity index (χ4n) is 2.86. The van der Waals surface area contributed by atoms with Gasteiger partial charge in [0.2, 0.25) is 0 Å². The van der Waals surface area contributed by atoms with Crippen molar-refractivity contribution in [2.24, 2.45) is 0 Å². The second-order valence-electron chi connectivity index (χ2n) is 5.25. The molecule has 1 saturated carbocycles. The molecule has 0 radical (unpaired) electrons. The van der Waals surface area contributed by atoms with Gasteiger partial charge >= 0.3 is 0 Å². The Hall–Kier alpha value is -2.03. The Morgan fingerprint density at radius 2 is 1.70 bits per heavy atom. The van der Waals surface area contributed by atoms with Crippen LogP contribution in [-0.4, -0.2) is 5.78 Å². The van der Waals surface area contributed by atoms with Gasteiger partial charge in [-0.3, -0.25) is 4.79 Å². The largest absolute Gasteiger partial charge is 0.293 e. The molecule has 102 valence electrons. The molecule has 2 aromatic carbocycles. The maximum Gasteiger partial charge on any atom is 0.176 e. The van der Waals surface area contributed by atoms with Crippen LogP contribution in [0.3, 0.4) is 0 Å². The van der Waals surface area contributed by atoms with Crippen molar-refractivity contribution in [3.8, 4) is 0 Å². The van der Waals surface area contributed by atoms with E-state index in [-0.39, 0.29) is 11.3 Å². The van der Waals surface area contributed by atoms with Crippen LogP contribution in [-0.2, 0) is 5.41 Å². The van der Waals surface area contributed by atoms with Gasteiger partial charge in [-0.2, -0.15) is 0 Å². The van der Waals surface area contributed by atoms with Crippen molar-refractivity contribution in [1.29, 1.82) is 0 Å².